The lowest BCUT2D eigenvalue weighted by Gasteiger charge is -2.34. The molecule has 1 atom stereocenters. The molecule has 0 aliphatic carbocycles. The van der Waals surface area contributed by atoms with Gasteiger partial charge in [0, 0.05) is 49.7 Å². The Morgan fingerprint density at radius 2 is 2.14 bits per heavy atom. The molecule has 182 valence electrons. The first-order valence-electron chi connectivity index (χ1n) is 11.1. The lowest BCUT2D eigenvalue weighted by Crippen LogP contribution is -2.51. The number of para-hydroxylation sites is 1. The molecule has 12 heteroatoms. The number of benzene rings is 1. The number of nitrogens with zero attached hydrogens (tertiary/aromatic N) is 4. The van der Waals surface area contributed by atoms with Crippen molar-refractivity contribution in [3.05, 3.63) is 52.9 Å². The van der Waals surface area contributed by atoms with Crippen molar-refractivity contribution >= 4 is 55.4 Å². The quantitative estimate of drug-likeness (QED) is 0.408. The first kappa shape index (κ1) is 22.5. The molecule has 5 heterocycles. The van der Waals surface area contributed by atoms with E-state index in [0.29, 0.717) is 23.0 Å². The third kappa shape index (κ3) is 3.99. The summed E-state index contributed by atoms with van der Waals surface area (Å²) in [6, 6.07) is 11.1. The third-order valence-corrected chi connectivity index (χ3v) is 10.6. The summed E-state index contributed by atoms with van der Waals surface area (Å²) in [7, 11) is -2.06. The van der Waals surface area contributed by atoms with Crippen LogP contribution in [0.3, 0.4) is 0 Å². The smallest absolute Gasteiger partial charge is 0.410 e. The highest BCUT2D eigenvalue weighted by Crippen LogP contribution is 2.35. The normalized spacial score (nSPS) is 18.7. The lowest BCUT2D eigenvalue weighted by atomic mass is 10.2. The number of aromatic nitrogens is 2. The molecule has 2 aliphatic heterocycles. The minimum absolute atomic E-state index is 0.123. The number of hydrogen-bond acceptors (Lipinski definition) is 8. The summed E-state index contributed by atoms with van der Waals surface area (Å²) in [4.78, 5) is 25.0. The second-order valence-electron chi connectivity index (χ2n) is 8.62. The Balaban J connectivity index is 1.23. The molecule has 3 aromatic heterocycles. The van der Waals surface area contributed by atoms with Crippen LogP contribution in [0.25, 0.3) is 21.6 Å². The van der Waals surface area contributed by atoms with E-state index in [-0.39, 0.29) is 12.1 Å². The average molecular weight is 530 g/mol. The number of cyclic esters (lactones) is 1. The maximum Gasteiger partial charge on any atom is 0.410 e. The molecule has 2 fully saturated rings. The SMILES string of the molecule is CN(c1cccc2cc(-c3ncc(CN4CCN5C(=O)OCC5C4)s3)[nH]c12)S(=O)(=O)c1cccs1. The molecule has 2 saturated heterocycles. The van der Waals surface area contributed by atoms with E-state index in [2.05, 4.69) is 14.9 Å². The number of anilines is 1. The number of amides is 1. The molecule has 1 N–H and O–H groups in total. The lowest BCUT2D eigenvalue weighted by molar-refractivity contribution is 0.116. The molecule has 9 nitrogen and oxygen atoms in total. The topological polar surface area (TPSA) is 98.8 Å². The Hall–Kier alpha value is -2.93. The monoisotopic (exact) mass is 529 g/mol. The Morgan fingerprint density at radius 1 is 1.26 bits per heavy atom. The molecule has 2 aliphatic rings. The van der Waals surface area contributed by atoms with Crippen molar-refractivity contribution in [3.63, 3.8) is 0 Å². The fourth-order valence-corrected chi connectivity index (χ4v) is 7.91. The fraction of sp³-hybridized carbons (Fsp3) is 0.304. The van der Waals surface area contributed by atoms with Crippen molar-refractivity contribution in [3.8, 4) is 10.7 Å². The van der Waals surface area contributed by atoms with Gasteiger partial charge in [-0.1, -0.05) is 18.2 Å². The van der Waals surface area contributed by atoms with E-state index >= 15 is 0 Å². The number of thiophene rings is 1. The summed E-state index contributed by atoms with van der Waals surface area (Å²) in [5, 5.41) is 3.53. The summed E-state index contributed by atoms with van der Waals surface area (Å²) in [6.45, 7) is 3.50. The van der Waals surface area contributed by atoms with Crippen LogP contribution >= 0.6 is 22.7 Å². The molecular formula is C23H23N5O4S3. The molecule has 4 aromatic rings. The zero-order chi connectivity index (χ0) is 24.2. The van der Waals surface area contributed by atoms with Gasteiger partial charge in [-0.05, 0) is 23.6 Å². The second kappa shape index (κ2) is 8.63. The van der Waals surface area contributed by atoms with E-state index in [0.717, 1.165) is 46.1 Å². The summed E-state index contributed by atoms with van der Waals surface area (Å²) in [5.41, 5.74) is 2.19. The van der Waals surface area contributed by atoms with Gasteiger partial charge in [0.1, 0.15) is 15.8 Å². The van der Waals surface area contributed by atoms with Crippen molar-refractivity contribution in [2.75, 3.05) is 37.6 Å². The van der Waals surface area contributed by atoms with Crippen LogP contribution in [0.2, 0.25) is 0 Å². The van der Waals surface area contributed by atoms with Gasteiger partial charge in [-0.15, -0.1) is 22.7 Å². The van der Waals surface area contributed by atoms with Gasteiger partial charge in [0.25, 0.3) is 10.0 Å². The minimum atomic E-state index is -3.64. The summed E-state index contributed by atoms with van der Waals surface area (Å²) < 4.78 is 32.9. The van der Waals surface area contributed by atoms with Gasteiger partial charge in [0.2, 0.25) is 0 Å². The number of sulfonamides is 1. The van der Waals surface area contributed by atoms with Crippen molar-refractivity contribution in [1.82, 2.24) is 19.8 Å². The Labute approximate surface area is 210 Å². The number of carbonyl (C=O) groups is 1. The first-order valence-corrected chi connectivity index (χ1v) is 14.3. The van der Waals surface area contributed by atoms with E-state index in [9.17, 15) is 13.2 Å². The first-order chi connectivity index (χ1) is 16.9. The van der Waals surface area contributed by atoms with Gasteiger partial charge in [-0.2, -0.15) is 0 Å². The highest BCUT2D eigenvalue weighted by Gasteiger charge is 2.37. The van der Waals surface area contributed by atoms with Crippen LogP contribution in [0.15, 0.2) is 52.2 Å². The minimum Gasteiger partial charge on any atom is -0.447 e. The number of ether oxygens (including phenoxy) is 1. The third-order valence-electron chi connectivity index (χ3n) is 6.45. The van der Waals surface area contributed by atoms with Crippen molar-refractivity contribution in [2.45, 2.75) is 16.8 Å². The molecular weight excluding hydrogens is 506 g/mol. The number of piperazine rings is 1. The Bertz CT molecular complexity index is 1490. The van der Waals surface area contributed by atoms with Gasteiger partial charge in [0.05, 0.1) is 22.9 Å². The highest BCUT2D eigenvalue weighted by atomic mass is 32.2. The number of aromatic amines is 1. The number of H-pyrrole nitrogens is 1. The van der Waals surface area contributed by atoms with Crippen LogP contribution in [0, 0.1) is 0 Å². The zero-order valence-corrected chi connectivity index (χ0v) is 21.3. The van der Waals surface area contributed by atoms with Gasteiger partial charge in [0.15, 0.2) is 0 Å². The van der Waals surface area contributed by atoms with Crippen molar-refractivity contribution in [2.24, 2.45) is 0 Å². The van der Waals surface area contributed by atoms with E-state index in [1.54, 1.807) is 42.0 Å². The van der Waals surface area contributed by atoms with Crippen LogP contribution in [0.4, 0.5) is 10.5 Å². The molecule has 35 heavy (non-hydrogen) atoms. The zero-order valence-electron chi connectivity index (χ0n) is 18.9. The van der Waals surface area contributed by atoms with Crippen LogP contribution in [0.1, 0.15) is 4.88 Å². The predicted molar refractivity (Wildman–Crippen MR) is 136 cm³/mol. The number of carbonyl (C=O) groups excluding carboxylic acids is 1. The predicted octanol–water partition coefficient (Wildman–Crippen LogP) is 3.81. The summed E-state index contributed by atoms with van der Waals surface area (Å²) in [5.74, 6) is 0. The van der Waals surface area contributed by atoms with E-state index in [1.807, 2.05) is 29.3 Å². The van der Waals surface area contributed by atoms with Crippen LogP contribution < -0.4 is 4.31 Å². The molecule has 1 unspecified atom stereocenters. The van der Waals surface area contributed by atoms with E-state index < -0.39 is 10.0 Å². The number of thiazole rings is 1. The van der Waals surface area contributed by atoms with Crippen molar-refractivity contribution in [1.29, 1.82) is 0 Å². The van der Waals surface area contributed by atoms with E-state index in [4.69, 9.17) is 4.74 Å². The van der Waals surface area contributed by atoms with Crippen LogP contribution in [-0.4, -0.2) is 73.6 Å². The summed E-state index contributed by atoms with van der Waals surface area (Å²) >= 11 is 2.82. The standard InChI is InChI=1S/C23H23N5O4S3/c1-26(35(30,31)20-6-3-9-33-20)19-5-2-4-15-10-18(25-21(15)19)22-24-11-17(34-22)13-27-7-8-28-16(12-27)14-32-23(28)29/h2-6,9-11,16,25H,7-8,12-14H2,1H3. The number of rotatable bonds is 6. The highest BCUT2D eigenvalue weighted by molar-refractivity contribution is 7.94. The molecule has 0 spiro atoms. The van der Waals surface area contributed by atoms with Gasteiger partial charge in [-0.25, -0.2) is 18.2 Å². The molecule has 6 rings (SSSR count). The fourth-order valence-electron chi connectivity index (χ4n) is 4.61. The van der Waals surface area contributed by atoms with Crippen LogP contribution in [-0.2, 0) is 21.3 Å². The van der Waals surface area contributed by atoms with Crippen molar-refractivity contribution < 1.29 is 17.9 Å². The number of fused-ring (bicyclic) bond motifs is 2. The average Bonchev–Trinajstić information content (AvgIpc) is 3.64. The van der Waals surface area contributed by atoms with Gasteiger partial charge in [-0.3, -0.25) is 14.1 Å². The molecule has 0 bridgehead atoms. The maximum absolute atomic E-state index is 13.1. The second-order valence-corrected chi connectivity index (χ2v) is 12.9. The summed E-state index contributed by atoms with van der Waals surface area (Å²) in [6.07, 6.45) is 1.68. The Kier molecular flexibility index (Phi) is 5.55. The van der Waals surface area contributed by atoms with Gasteiger partial charge >= 0.3 is 6.09 Å². The number of hydrogen-bond donors (Lipinski definition) is 1. The maximum atomic E-state index is 13.1. The Morgan fingerprint density at radius 3 is 2.97 bits per heavy atom. The number of nitrogens with one attached hydrogen (secondary N) is 1. The largest absolute Gasteiger partial charge is 0.447 e. The van der Waals surface area contributed by atoms with E-state index in [1.165, 1.54) is 15.6 Å². The molecule has 1 aromatic carbocycles. The van der Waals surface area contributed by atoms with Gasteiger partial charge < -0.3 is 9.72 Å². The molecule has 0 saturated carbocycles. The molecule has 1 amide bonds. The molecule has 0 radical (unpaired) electrons. The van der Waals surface area contributed by atoms with Crippen LogP contribution in [0.5, 0.6) is 0 Å².